The first kappa shape index (κ1) is 16.3. The number of amides is 2. The smallest absolute Gasteiger partial charge is 0.253 e. The second kappa shape index (κ2) is 5.97. The molecular weight excluding hydrogens is 356 g/mol. The standard InChI is InChI=1S/C15H18BrClN2O2/c1-4-12-13(20)18-15(3,5-2)14(21)19(12)9-6-7-10(16)11(17)8-9/h6-8,12H,4-5H2,1-3H3,(H,18,20). The lowest BCUT2D eigenvalue weighted by molar-refractivity contribution is -0.138. The SMILES string of the molecule is CCC1C(=O)NC(C)(CC)C(=O)N1c1ccc(Br)c(Cl)c1. The van der Waals surface area contributed by atoms with Gasteiger partial charge in [-0.25, -0.2) is 0 Å². The molecule has 21 heavy (non-hydrogen) atoms. The van der Waals surface area contributed by atoms with E-state index in [-0.39, 0.29) is 11.8 Å². The molecular formula is C15H18BrClN2O2. The van der Waals surface area contributed by atoms with Crippen molar-refractivity contribution in [1.82, 2.24) is 5.32 Å². The summed E-state index contributed by atoms with van der Waals surface area (Å²) < 4.78 is 0.758. The van der Waals surface area contributed by atoms with E-state index in [9.17, 15) is 9.59 Å². The first-order valence-corrected chi connectivity index (χ1v) is 8.12. The van der Waals surface area contributed by atoms with Gasteiger partial charge in [0.1, 0.15) is 11.6 Å². The van der Waals surface area contributed by atoms with E-state index in [0.29, 0.717) is 23.6 Å². The van der Waals surface area contributed by atoms with Crippen LogP contribution in [0, 0.1) is 0 Å². The van der Waals surface area contributed by atoms with Gasteiger partial charge in [0.25, 0.3) is 5.91 Å². The zero-order valence-electron chi connectivity index (χ0n) is 12.2. The van der Waals surface area contributed by atoms with Crippen molar-refractivity contribution in [3.63, 3.8) is 0 Å². The molecule has 0 saturated carbocycles. The highest BCUT2D eigenvalue weighted by Gasteiger charge is 2.47. The van der Waals surface area contributed by atoms with Crippen molar-refractivity contribution in [2.45, 2.75) is 45.2 Å². The molecule has 0 radical (unpaired) electrons. The maximum Gasteiger partial charge on any atom is 0.253 e. The first-order chi connectivity index (χ1) is 9.84. The predicted molar refractivity (Wildman–Crippen MR) is 87.6 cm³/mol. The topological polar surface area (TPSA) is 49.4 Å². The maximum absolute atomic E-state index is 12.8. The molecule has 1 aliphatic heterocycles. The summed E-state index contributed by atoms with van der Waals surface area (Å²) in [5, 5.41) is 3.36. The summed E-state index contributed by atoms with van der Waals surface area (Å²) in [6.07, 6.45) is 1.08. The summed E-state index contributed by atoms with van der Waals surface area (Å²) in [6.45, 7) is 5.53. The maximum atomic E-state index is 12.8. The average molecular weight is 374 g/mol. The van der Waals surface area contributed by atoms with E-state index in [1.54, 1.807) is 30.0 Å². The molecule has 114 valence electrons. The number of carbonyl (C=O) groups excluding carboxylic acids is 2. The Kier molecular flexibility index (Phi) is 4.63. The Hall–Kier alpha value is -1.07. The molecule has 1 aromatic rings. The van der Waals surface area contributed by atoms with Gasteiger partial charge in [-0.05, 0) is 53.9 Å². The van der Waals surface area contributed by atoms with Crippen LogP contribution in [0.2, 0.25) is 5.02 Å². The largest absolute Gasteiger partial charge is 0.340 e. The van der Waals surface area contributed by atoms with Crippen LogP contribution in [-0.4, -0.2) is 23.4 Å². The van der Waals surface area contributed by atoms with Gasteiger partial charge in [0, 0.05) is 10.2 Å². The third-order valence-electron chi connectivity index (χ3n) is 3.98. The Morgan fingerprint density at radius 1 is 1.38 bits per heavy atom. The van der Waals surface area contributed by atoms with Crippen LogP contribution < -0.4 is 10.2 Å². The molecule has 2 amide bonds. The number of piperazine rings is 1. The summed E-state index contributed by atoms with van der Waals surface area (Å²) >= 11 is 9.46. The van der Waals surface area contributed by atoms with Crippen molar-refractivity contribution in [3.05, 3.63) is 27.7 Å². The minimum absolute atomic E-state index is 0.102. The van der Waals surface area contributed by atoms with Crippen molar-refractivity contribution < 1.29 is 9.59 Å². The molecule has 0 bridgehead atoms. The molecule has 6 heteroatoms. The Labute approximate surface area is 138 Å². The highest BCUT2D eigenvalue weighted by molar-refractivity contribution is 9.10. The number of halogens is 2. The Balaban J connectivity index is 2.51. The zero-order chi connectivity index (χ0) is 15.8. The van der Waals surface area contributed by atoms with Gasteiger partial charge >= 0.3 is 0 Å². The van der Waals surface area contributed by atoms with Crippen molar-refractivity contribution in [2.75, 3.05) is 4.90 Å². The quantitative estimate of drug-likeness (QED) is 0.881. The van der Waals surface area contributed by atoms with Gasteiger partial charge in [-0.2, -0.15) is 0 Å². The molecule has 1 saturated heterocycles. The van der Waals surface area contributed by atoms with Crippen molar-refractivity contribution in [3.8, 4) is 0 Å². The van der Waals surface area contributed by atoms with Crippen molar-refractivity contribution >= 4 is 45.0 Å². The van der Waals surface area contributed by atoms with E-state index >= 15 is 0 Å². The lowest BCUT2D eigenvalue weighted by Gasteiger charge is -2.44. The number of carbonyl (C=O) groups is 2. The van der Waals surface area contributed by atoms with Gasteiger partial charge in [-0.15, -0.1) is 0 Å². The predicted octanol–water partition coefficient (Wildman–Crippen LogP) is 3.51. The number of nitrogens with zero attached hydrogens (tertiary/aromatic N) is 1. The van der Waals surface area contributed by atoms with Crippen LogP contribution in [0.4, 0.5) is 5.69 Å². The van der Waals surface area contributed by atoms with Crippen LogP contribution in [-0.2, 0) is 9.59 Å². The number of rotatable bonds is 3. The minimum atomic E-state index is -0.873. The van der Waals surface area contributed by atoms with Gasteiger partial charge in [0.05, 0.1) is 5.02 Å². The van der Waals surface area contributed by atoms with Crippen molar-refractivity contribution in [2.24, 2.45) is 0 Å². The van der Waals surface area contributed by atoms with Crippen LogP contribution in [0.15, 0.2) is 22.7 Å². The van der Waals surface area contributed by atoms with E-state index in [1.807, 2.05) is 13.8 Å². The van der Waals surface area contributed by atoms with E-state index in [2.05, 4.69) is 21.2 Å². The fraction of sp³-hybridized carbons (Fsp3) is 0.467. The summed E-state index contributed by atoms with van der Waals surface area (Å²) in [6, 6.07) is 4.79. The minimum Gasteiger partial charge on any atom is -0.340 e. The second-order valence-electron chi connectivity index (χ2n) is 5.37. The van der Waals surface area contributed by atoms with Gasteiger partial charge in [0.2, 0.25) is 5.91 Å². The Bertz CT molecular complexity index is 593. The number of hydrogen-bond acceptors (Lipinski definition) is 2. The van der Waals surface area contributed by atoms with E-state index in [0.717, 1.165) is 4.47 Å². The molecule has 2 atom stereocenters. The molecule has 0 aromatic heterocycles. The highest BCUT2D eigenvalue weighted by atomic mass is 79.9. The summed E-state index contributed by atoms with van der Waals surface area (Å²) in [4.78, 5) is 26.8. The van der Waals surface area contributed by atoms with Gasteiger partial charge < -0.3 is 5.32 Å². The third kappa shape index (κ3) is 2.81. The summed E-state index contributed by atoms with van der Waals surface area (Å²) in [7, 11) is 0. The molecule has 2 rings (SSSR count). The van der Waals surface area contributed by atoms with Crippen molar-refractivity contribution in [1.29, 1.82) is 0 Å². The molecule has 1 N–H and O–H groups in total. The van der Waals surface area contributed by atoms with Crippen LogP contribution in [0.3, 0.4) is 0 Å². The number of nitrogens with one attached hydrogen (secondary N) is 1. The van der Waals surface area contributed by atoms with Gasteiger partial charge in [-0.3, -0.25) is 14.5 Å². The number of hydrogen-bond donors (Lipinski definition) is 1. The molecule has 0 aliphatic carbocycles. The molecule has 1 heterocycles. The fourth-order valence-corrected chi connectivity index (χ4v) is 2.89. The molecule has 0 spiro atoms. The molecule has 4 nitrogen and oxygen atoms in total. The average Bonchev–Trinajstić information content (AvgIpc) is 2.45. The van der Waals surface area contributed by atoms with Gasteiger partial charge in [-0.1, -0.05) is 25.4 Å². The monoisotopic (exact) mass is 372 g/mol. The third-order valence-corrected chi connectivity index (χ3v) is 5.21. The van der Waals surface area contributed by atoms with Gasteiger partial charge in [0.15, 0.2) is 0 Å². The van der Waals surface area contributed by atoms with Crippen LogP contribution in [0.1, 0.15) is 33.6 Å². The number of benzene rings is 1. The molecule has 2 unspecified atom stereocenters. The second-order valence-corrected chi connectivity index (χ2v) is 6.63. The normalized spacial score (nSPS) is 26.0. The Morgan fingerprint density at radius 2 is 2.05 bits per heavy atom. The molecule has 1 fully saturated rings. The first-order valence-electron chi connectivity index (χ1n) is 6.94. The van der Waals surface area contributed by atoms with E-state index in [4.69, 9.17) is 11.6 Å². The summed E-state index contributed by atoms with van der Waals surface area (Å²) in [5.41, 5.74) is -0.225. The molecule has 1 aliphatic rings. The van der Waals surface area contributed by atoms with Crippen LogP contribution in [0.5, 0.6) is 0 Å². The van der Waals surface area contributed by atoms with Crippen LogP contribution >= 0.6 is 27.5 Å². The number of anilines is 1. The van der Waals surface area contributed by atoms with E-state index < -0.39 is 11.6 Å². The zero-order valence-corrected chi connectivity index (χ0v) is 14.6. The molecule has 1 aromatic carbocycles. The lowest BCUT2D eigenvalue weighted by Crippen LogP contribution is -2.69. The lowest BCUT2D eigenvalue weighted by atomic mass is 9.90. The summed E-state index contributed by atoms with van der Waals surface area (Å²) in [5.74, 6) is -0.227. The highest BCUT2D eigenvalue weighted by Crippen LogP contribution is 2.32. The van der Waals surface area contributed by atoms with Crippen LogP contribution in [0.25, 0.3) is 0 Å². The van der Waals surface area contributed by atoms with E-state index in [1.165, 1.54) is 0 Å². The fourth-order valence-electron chi connectivity index (χ4n) is 2.47. The Morgan fingerprint density at radius 3 is 2.57 bits per heavy atom.